The fourth-order valence-electron chi connectivity index (χ4n) is 2.13. The first-order chi connectivity index (χ1) is 9.97. The lowest BCUT2D eigenvalue weighted by Crippen LogP contribution is -2.11. The Balaban J connectivity index is 2.11. The molecule has 21 heavy (non-hydrogen) atoms. The lowest BCUT2D eigenvalue weighted by atomic mass is 10.1. The fourth-order valence-corrected chi connectivity index (χ4v) is 2.13. The van der Waals surface area contributed by atoms with Crippen LogP contribution in [0.1, 0.15) is 11.1 Å². The molecule has 0 aliphatic heterocycles. The Morgan fingerprint density at radius 1 is 1.14 bits per heavy atom. The summed E-state index contributed by atoms with van der Waals surface area (Å²) in [7, 11) is 0. The minimum absolute atomic E-state index is 0.0459. The van der Waals surface area contributed by atoms with Crippen molar-refractivity contribution in [1.29, 1.82) is 0 Å². The van der Waals surface area contributed by atoms with Gasteiger partial charge in [0, 0.05) is 18.2 Å². The third-order valence-electron chi connectivity index (χ3n) is 3.13. The highest BCUT2D eigenvalue weighted by Gasteiger charge is 2.16. The van der Waals surface area contributed by atoms with Crippen LogP contribution in [0.15, 0.2) is 23.1 Å². The van der Waals surface area contributed by atoms with Gasteiger partial charge in [-0.1, -0.05) is 6.07 Å². The minimum Gasteiger partial charge on any atom is -0.369 e. The molecule has 0 aliphatic rings. The Labute approximate surface area is 115 Å². The number of H-pyrrole nitrogens is 2. The van der Waals surface area contributed by atoms with Gasteiger partial charge in [0.25, 0.3) is 5.56 Å². The van der Waals surface area contributed by atoms with Crippen molar-refractivity contribution < 1.29 is 13.2 Å². The zero-order valence-corrected chi connectivity index (χ0v) is 10.5. The number of anilines is 1. The van der Waals surface area contributed by atoms with Crippen molar-refractivity contribution in [3.05, 3.63) is 57.3 Å². The summed E-state index contributed by atoms with van der Waals surface area (Å²) in [6.07, 6.45) is 1.39. The molecular formula is C13H9F3N4O. The molecule has 8 heteroatoms. The number of benzene rings is 1. The van der Waals surface area contributed by atoms with Crippen LogP contribution in [0.3, 0.4) is 0 Å². The summed E-state index contributed by atoms with van der Waals surface area (Å²) in [5.41, 5.74) is 5.84. The van der Waals surface area contributed by atoms with Crippen LogP contribution in [-0.4, -0.2) is 15.0 Å². The molecule has 108 valence electrons. The number of nitrogens with zero attached hydrogens (tertiary/aromatic N) is 1. The van der Waals surface area contributed by atoms with Crippen molar-refractivity contribution in [2.45, 2.75) is 6.42 Å². The predicted octanol–water partition coefficient (Wildman–Crippen LogP) is 1.84. The first-order valence-electron chi connectivity index (χ1n) is 5.95. The maximum atomic E-state index is 13.7. The summed E-state index contributed by atoms with van der Waals surface area (Å²) in [5, 5.41) is 0. The summed E-state index contributed by atoms with van der Waals surface area (Å²) in [6.45, 7) is 0. The van der Waals surface area contributed by atoms with E-state index in [1.165, 1.54) is 6.20 Å². The second kappa shape index (κ2) is 4.65. The van der Waals surface area contributed by atoms with Crippen LogP contribution in [0.2, 0.25) is 0 Å². The topological polar surface area (TPSA) is 87.6 Å². The van der Waals surface area contributed by atoms with Crippen LogP contribution in [0.25, 0.3) is 11.0 Å². The molecule has 0 unspecified atom stereocenters. The van der Waals surface area contributed by atoms with Crippen molar-refractivity contribution in [1.82, 2.24) is 15.0 Å². The zero-order chi connectivity index (χ0) is 15.1. The summed E-state index contributed by atoms with van der Waals surface area (Å²) in [5.74, 6) is -4.13. The number of nitrogens with one attached hydrogen (secondary N) is 2. The number of aromatic nitrogens is 3. The highest BCUT2D eigenvalue weighted by Crippen LogP contribution is 2.21. The lowest BCUT2D eigenvalue weighted by Gasteiger charge is -2.04. The van der Waals surface area contributed by atoms with Crippen LogP contribution in [0.4, 0.5) is 19.1 Å². The molecule has 0 fully saturated rings. The van der Waals surface area contributed by atoms with E-state index in [-0.39, 0.29) is 29.0 Å². The molecule has 5 nitrogen and oxygen atoms in total. The fraction of sp³-hybridized carbons (Fsp3) is 0.0769. The summed E-state index contributed by atoms with van der Waals surface area (Å²) in [6, 6.07) is 1.99. The lowest BCUT2D eigenvalue weighted by molar-refractivity contribution is 0.442. The van der Waals surface area contributed by atoms with Gasteiger partial charge >= 0.3 is 0 Å². The SMILES string of the molecule is Nc1nc2c(Cc3ccc(F)c(F)c3F)c[nH]c2c(=O)[nH]1. The van der Waals surface area contributed by atoms with Gasteiger partial charge in [0.2, 0.25) is 5.95 Å². The van der Waals surface area contributed by atoms with Gasteiger partial charge in [0.05, 0.1) is 0 Å². The van der Waals surface area contributed by atoms with Crippen LogP contribution >= 0.6 is 0 Å². The monoisotopic (exact) mass is 294 g/mol. The van der Waals surface area contributed by atoms with Crippen LogP contribution < -0.4 is 11.3 Å². The summed E-state index contributed by atoms with van der Waals surface area (Å²) < 4.78 is 39.8. The molecule has 0 bridgehead atoms. The molecule has 0 atom stereocenters. The molecule has 0 radical (unpaired) electrons. The van der Waals surface area contributed by atoms with Gasteiger partial charge < -0.3 is 10.7 Å². The first-order valence-corrected chi connectivity index (χ1v) is 5.95. The highest BCUT2D eigenvalue weighted by atomic mass is 19.2. The van der Waals surface area contributed by atoms with Gasteiger partial charge in [-0.3, -0.25) is 9.78 Å². The molecule has 3 aromatic rings. The van der Waals surface area contributed by atoms with Crippen LogP contribution in [-0.2, 0) is 6.42 Å². The van der Waals surface area contributed by atoms with Gasteiger partial charge in [0.1, 0.15) is 11.0 Å². The molecule has 2 heterocycles. The average Bonchev–Trinajstić information content (AvgIpc) is 2.83. The van der Waals surface area contributed by atoms with Crippen LogP contribution in [0.5, 0.6) is 0 Å². The van der Waals surface area contributed by atoms with Gasteiger partial charge in [-0.05, 0) is 11.6 Å². The maximum absolute atomic E-state index is 13.7. The summed E-state index contributed by atoms with van der Waals surface area (Å²) in [4.78, 5) is 20.6. The van der Waals surface area contributed by atoms with Gasteiger partial charge in [-0.25, -0.2) is 18.2 Å². The number of fused-ring (bicyclic) bond motifs is 1. The normalized spacial score (nSPS) is 11.2. The molecule has 1 aromatic carbocycles. The Morgan fingerprint density at radius 2 is 1.90 bits per heavy atom. The van der Waals surface area contributed by atoms with Crippen LogP contribution in [0, 0.1) is 17.5 Å². The van der Waals surface area contributed by atoms with E-state index in [0.717, 1.165) is 12.1 Å². The molecular weight excluding hydrogens is 285 g/mol. The standard InChI is InChI=1S/C13H9F3N4O/c14-7-2-1-5(8(15)9(7)16)3-6-4-18-11-10(6)19-13(17)20-12(11)21/h1-2,4,18H,3H2,(H3,17,19,20,21). The first kappa shape index (κ1) is 13.2. The number of nitrogens with two attached hydrogens (primary N) is 1. The average molecular weight is 294 g/mol. The van der Waals surface area contributed by atoms with E-state index in [0.29, 0.717) is 5.56 Å². The van der Waals surface area contributed by atoms with Crippen molar-refractivity contribution in [3.8, 4) is 0 Å². The van der Waals surface area contributed by atoms with E-state index in [4.69, 9.17) is 5.73 Å². The molecule has 3 rings (SSSR count). The van der Waals surface area contributed by atoms with E-state index in [9.17, 15) is 18.0 Å². The second-order valence-corrected chi connectivity index (χ2v) is 4.50. The number of nitrogen functional groups attached to an aromatic ring is 1. The molecule has 0 spiro atoms. The molecule has 2 aromatic heterocycles. The Bertz CT molecular complexity index is 900. The molecule has 0 saturated heterocycles. The zero-order valence-electron chi connectivity index (χ0n) is 10.5. The molecule has 0 amide bonds. The van der Waals surface area contributed by atoms with Crippen molar-refractivity contribution in [2.75, 3.05) is 5.73 Å². The van der Waals surface area contributed by atoms with E-state index in [1.807, 2.05) is 0 Å². The largest absolute Gasteiger partial charge is 0.369 e. The van der Waals surface area contributed by atoms with Gasteiger partial charge in [-0.15, -0.1) is 0 Å². The number of hydrogen-bond donors (Lipinski definition) is 3. The smallest absolute Gasteiger partial charge is 0.276 e. The third kappa shape index (κ3) is 2.14. The molecule has 0 saturated carbocycles. The number of hydrogen-bond acceptors (Lipinski definition) is 3. The Kier molecular flexibility index (Phi) is 2.93. The number of rotatable bonds is 2. The van der Waals surface area contributed by atoms with E-state index in [1.54, 1.807) is 0 Å². The minimum atomic E-state index is -1.53. The van der Waals surface area contributed by atoms with Gasteiger partial charge in [0.15, 0.2) is 17.5 Å². The highest BCUT2D eigenvalue weighted by molar-refractivity contribution is 5.79. The number of halogens is 3. The van der Waals surface area contributed by atoms with E-state index >= 15 is 0 Å². The van der Waals surface area contributed by atoms with Crippen molar-refractivity contribution in [3.63, 3.8) is 0 Å². The molecule has 4 N–H and O–H groups in total. The van der Waals surface area contributed by atoms with Crippen molar-refractivity contribution in [2.24, 2.45) is 0 Å². The number of aromatic amines is 2. The Hall–Kier alpha value is -2.77. The maximum Gasteiger partial charge on any atom is 0.276 e. The van der Waals surface area contributed by atoms with E-state index < -0.39 is 23.0 Å². The third-order valence-corrected chi connectivity index (χ3v) is 3.13. The predicted molar refractivity (Wildman–Crippen MR) is 70.2 cm³/mol. The second-order valence-electron chi connectivity index (χ2n) is 4.50. The molecule has 0 aliphatic carbocycles. The quantitative estimate of drug-likeness (QED) is 0.630. The van der Waals surface area contributed by atoms with Crippen molar-refractivity contribution >= 4 is 17.0 Å². The van der Waals surface area contributed by atoms with E-state index in [2.05, 4.69) is 15.0 Å². The van der Waals surface area contributed by atoms with Gasteiger partial charge in [-0.2, -0.15) is 0 Å². The Morgan fingerprint density at radius 3 is 2.67 bits per heavy atom. The summed E-state index contributed by atoms with van der Waals surface area (Å²) >= 11 is 0.